The largest absolute Gasteiger partial charge is 0.460 e. The number of amides is 1. The van der Waals surface area contributed by atoms with Crippen molar-refractivity contribution in [1.82, 2.24) is 4.90 Å². The van der Waals surface area contributed by atoms with Crippen LogP contribution in [0.15, 0.2) is 12.7 Å². The molecule has 0 atom stereocenters. The van der Waals surface area contributed by atoms with Crippen molar-refractivity contribution in [2.75, 3.05) is 13.1 Å². The fourth-order valence-electron chi connectivity index (χ4n) is 2.52. The van der Waals surface area contributed by atoms with Gasteiger partial charge in [-0.25, -0.2) is 0 Å². The first kappa shape index (κ1) is 30.3. The Morgan fingerprint density at radius 3 is 1.56 bits per heavy atom. The van der Waals surface area contributed by atoms with Crippen molar-refractivity contribution in [2.45, 2.75) is 74.8 Å². The van der Waals surface area contributed by atoms with Crippen LogP contribution < -0.4 is 0 Å². The highest BCUT2D eigenvalue weighted by Gasteiger charge is 2.90. The van der Waals surface area contributed by atoms with Gasteiger partial charge in [0.1, 0.15) is 0 Å². The molecule has 15 heteroatoms. The lowest BCUT2D eigenvalue weighted by Crippen LogP contribution is -2.70. The van der Waals surface area contributed by atoms with Crippen LogP contribution in [-0.2, 0) is 4.79 Å². The Hall–Kier alpha value is -1.70. The lowest BCUT2D eigenvalue weighted by atomic mass is 9.91. The summed E-state index contributed by atoms with van der Waals surface area (Å²) in [5.74, 6) is -37.0. The SMILES string of the molecule is C=CC(=O)N(CC)CCCCCCC(F)(F)C(F)(F)C(F)(F)C(F)(F)C(F)(F)C(F)(F)F. The van der Waals surface area contributed by atoms with Crippen LogP contribution in [0.25, 0.3) is 0 Å². The van der Waals surface area contributed by atoms with E-state index in [1.54, 1.807) is 6.92 Å². The van der Waals surface area contributed by atoms with Gasteiger partial charge in [-0.1, -0.05) is 19.4 Å². The summed E-state index contributed by atoms with van der Waals surface area (Å²) < 4.78 is 169. The Bertz CT molecular complexity index is 643. The fourth-order valence-corrected chi connectivity index (χ4v) is 2.52. The van der Waals surface area contributed by atoms with E-state index in [-0.39, 0.29) is 32.4 Å². The van der Waals surface area contributed by atoms with Crippen LogP contribution in [0.3, 0.4) is 0 Å². The van der Waals surface area contributed by atoms with Gasteiger partial charge in [0, 0.05) is 19.5 Å². The van der Waals surface area contributed by atoms with Crippen LogP contribution in [0, 0.1) is 0 Å². The molecular weight excluding hydrogens is 481 g/mol. The maximum Gasteiger partial charge on any atom is 0.460 e. The second-order valence-electron chi connectivity index (χ2n) is 6.79. The number of unbranched alkanes of at least 4 members (excludes halogenated alkanes) is 3. The Balaban J connectivity index is 5.21. The van der Waals surface area contributed by atoms with Crippen molar-refractivity contribution in [1.29, 1.82) is 0 Å². The molecule has 0 saturated carbocycles. The summed E-state index contributed by atoms with van der Waals surface area (Å²) in [4.78, 5) is 12.7. The average molecular weight is 501 g/mol. The Morgan fingerprint density at radius 1 is 0.719 bits per heavy atom. The molecule has 0 bridgehead atoms. The van der Waals surface area contributed by atoms with Crippen molar-refractivity contribution >= 4 is 5.91 Å². The zero-order chi connectivity index (χ0) is 25.8. The smallest absolute Gasteiger partial charge is 0.339 e. The molecule has 0 heterocycles. The molecule has 0 aliphatic heterocycles. The minimum Gasteiger partial charge on any atom is -0.339 e. The minimum atomic E-state index is -7.87. The first-order valence-corrected chi connectivity index (χ1v) is 9.02. The van der Waals surface area contributed by atoms with E-state index < -0.39 is 54.5 Å². The number of carbonyl (C=O) groups is 1. The summed E-state index contributed by atoms with van der Waals surface area (Å²) in [6.45, 7) is 5.19. The van der Waals surface area contributed by atoms with Gasteiger partial charge in [-0.2, -0.15) is 57.1 Å². The highest BCUT2D eigenvalue weighted by atomic mass is 19.4. The monoisotopic (exact) mass is 501 g/mol. The zero-order valence-corrected chi connectivity index (χ0v) is 16.5. The third kappa shape index (κ3) is 5.61. The Kier molecular flexibility index (Phi) is 9.52. The van der Waals surface area contributed by atoms with Gasteiger partial charge in [-0.15, -0.1) is 0 Å². The molecule has 1 amide bonds. The zero-order valence-electron chi connectivity index (χ0n) is 16.5. The number of nitrogens with zero attached hydrogens (tertiary/aromatic N) is 1. The van der Waals surface area contributed by atoms with Gasteiger partial charge in [0.25, 0.3) is 0 Å². The van der Waals surface area contributed by atoms with Crippen LogP contribution >= 0.6 is 0 Å². The number of carbonyl (C=O) groups excluding carboxylic acids is 1. The van der Waals surface area contributed by atoms with E-state index in [9.17, 15) is 61.9 Å². The van der Waals surface area contributed by atoms with Gasteiger partial charge in [0.2, 0.25) is 5.91 Å². The summed E-state index contributed by atoms with van der Waals surface area (Å²) in [5, 5.41) is 0. The quantitative estimate of drug-likeness (QED) is 0.156. The number of halogens is 13. The molecule has 0 aromatic rings. The van der Waals surface area contributed by atoms with Crippen molar-refractivity contribution in [3.05, 3.63) is 12.7 Å². The lowest BCUT2D eigenvalue weighted by molar-refractivity contribution is -0.440. The number of likely N-dealkylation sites (N-methyl/N-ethyl adjacent to an activating group) is 1. The molecular formula is C17H20F13NO. The van der Waals surface area contributed by atoms with Gasteiger partial charge in [-0.3, -0.25) is 4.79 Å². The molecule has 190 valence electrons. The van der Waals surface area contributed by atoms with Gasteiger partial charge in [0.15, 0.2) is 0 Å². The average Bonchev–Trinajstić information content (AvgIpc) is 2.65. The van der Waals surface area contributed by atoms with Crippen molar-refractivity contribution < 1.29 is 61.9 Å². The maximum absolute atomic E-state index is 13.6. The summed E-state index contributed by atoms with van der Waals surface area (Å²) in [7, 11) is 0. The predicted octanol–water partition coefficient (Wildman–Crippen LogP) is 6.71. The third-order valence-electron chi connectivity index (χ3n) is 4.54. The molecule has 32 heavy (non-hydrogen) atoms. The van der Waals surface area contributed by atoms with Crippen molar-refractivity contribution in [3.8, 4) is 0 Å². The van der Waals surface area contributed by atoms with Gasteiger partial charge >= 0.3 is 35.8 Å². The van der Waals surface area contributed by atoms with Gasteiger partial charge in [-0.05, 0) is 25.8 Å². The minimum absolute atomic E-state index is 0.00126. The molecule has 0 N–H and O–H groups in total. The fraction of sp³-hybridized carbons (Fsp3) is 0.824. The second-order valence-corrected chi connectivity index (χ2v) is 6.79. The normalized spacial score (nSPS) is 14.4. The summed E-state index contributed by atoms with van der Waals surface area (Å²) >= 11 is 0. The number of alkyl halides is 13. The van der Waals surface area contributed by atoms with Gasteiger partial charge < -0.3 is 4.90 Å². The molecule has 0 aliphatic carbocycles. The molecule has 0 unspecified atom stereocenters. The van der Waals surface area contributed by atoms with Crippen LogP contribution in [0.1, 0.15) is 39.0 Å². The third-order valence-corrected chi connectivity index (χ3v) is 4.54. The van der Waals surface area contributed by atoms with Crippen molar-refractivity contribution in [3.63, 3.8) is 0 Å². The summed E-state index contributed by atoms with van der Waals surface area (Å²) in [5.41, 5.74) is 0. The molecule has 0 radical (unpaired) electrons. The molecule has 0 saturated heterocycles. The summed E-state index contributed by atoms with van der Waals surface area (Å²) in [6, 6.07) is 0. The second kappa shape index (κ2) is 10.1. The molecule has 0 rings (SSSR count). The standard InChI is InChI=1S/C17H20F13NO/c1-3-11(32)31(4-2)10-8-6-5-7-9-12(18,19)13(20,21)14(22,23)15(24,25)16(26,27)17(28,29)30/h3H,1,4-10H2,2H3. The topological polar surface area (TPSA) is 20.3 Å². The number of rotatable bonds is 13. The van der Waals surface area contributed by atoms with Crippen LogP contribution in [0.2, 0.25) is 0 Å². The molecule has 0 fully saturated rings. The number of hydrogen-bond donors (Lipinski definition) is 0. The van der Waals surface area contributed by atoms with E-state index in [1.165, 1.54) is 4.90 Å². The lowest BCUT2D eigenvalue weighted by Gasteiger charge is -2.39. The highest BCUT2D eigenvalue weighted by molar-refractivity contribution is 5.86. The van der Waals surface area contributed by atoms with Crippen LogP contribution in [0.4, 0.5) is 57.1 Å². The van der Waals surface area contributed by atoms with Gasteiger partial charge in [0.05, 0.1) is 0 Å². The molecule has 0 aromatic carbocycles. The van der Waals surface area contributed by atoms with Crippen molar-refractivity contribution in [2.24, 2.45) is 0 Å². The number of hydrogen-bond acceptors (Lipinski definition) is 1. The molecule has 2 nitrogen and oxygen atoms in total. The van der Waals surface area contributed by atoms with E-state index in [0.717, 1.165) is 6.08 Å². The van der Waals surface area contributed by atoms with E-state index >= 15 is 0 Å². The molecule has 0 aliphatic rings. The first-order valence-electron chi connectivity index (χ1n) is 9.02. The molecule has 0 aromatic heterocycles. The predicted molar refractivity (Wildman–Crippen MR) is 86.3 cm³/mol. The summed E-state index contributed by atoms with van der Waals surface area (Å²) in [6.07, 6.45) is -9.77. The Morgan fingerprint density at radius 2 is 1.16 bits per heavy atom. The maximum atomic E-state index is 13.6. The first-order chi connectivity index (χ1) is 14.2. The Labute approximate surface area is 174 Å². The van der Waals surface area contributed by atoms with E-state index in [1.807, 2.05) is 0 Å². The van der Waals surface area contributed by atoms with Crippen LogP contribution in [0.5, 0.6) is 0 Å². The highest BCUT2D eigenvalue weighted by Crippen LogP contribution is 2.60. The van der Waals surface area contributed by atoms with Crippen LogP contribution in [-0.4, -0.2) is 59.7 Å². The van der Waals surface area contributed by atoms with E-state index in [2.05, 4.69) is 6.58 Å². The van der Waals surface area contributed by atoms with E-state index in [4.69, 9.17) is 0 Å². The molecule has 0 spiro atoms. The van der Waals surface area contributed by atoms with E-state index in [0.29, 0.717) is 0 Å².